The van der Waals surface area contributed by atoms with Gasteiger partial charge < -0.3 is 10.2 Å². The van der Waals surface area contributed by atoms with Crippen molar-refractivity contribution in [3.05, 3.63) is 0 Å². The first kappa shape index (κ1) is 13.4. The molecule has 0 aromatic rings. The summed E-state index contributed by atoms with van der Waals surface area (Å²) in [5, 5.41) is 21.3. The SMILES string of the molecule is C[C@@H]1CCC[C@@]2(C)CC[C@@H](C(C)(C)O)C[C@]12O. The molecule has 0 aromatic heterocycles. The monoisotopic (exact) mass is 240 g/mol. The summed E-state index contributed by atoms with van der Waals surface area (Å²) < 4.78 is 0. The minimum atomic E-state index is -0.659. The zero-order valence-electron chi connectivity index (χ0n) is 11.8. The van der Waals surface area contributed by atoms with Crippen LogP contribution in [0.1, 0.15) is 66.2 Å². The lowest BCUT2D eigenvalue weighted by molar-refractivity contribution is -0.194. The normalized spacial score (nSPS) is 47.6. The van der Waals surface area contributed by atoms with Gasteiger partial charge in [0.2, 0.25) is 0 Å². The van der Waals surface area contributed by atoms with Crippen LogP contribution < -0.4 is 0 Å². The molecule has 2 saturated carbocycles. The third-order valence-electron chi connectivity index (χ3n) is 5.83. The van der Waals surface area contributed by atoms with Crippen LogP contribution in [0.5, 0.6) is 0 Å². The van der Waals surface area contributed by atoms with E-state index in [1.54, 1.807) is 0 Å². The molecule has 0 amide bonds. The van der Waals surface area contributed by atoms with Crippen LogP contribution in [0.2, 0.25) is 0 Å². The standard InChI is InChI=1S/C15H28O2/c1-11-6-5-8-14(4)9-7-12(13(2,3)16)10-15(11,14)17/h11-12,16-17H,5-10H2,1-4H3/t11-,12-,14+,15+/m1/s1. The zero-order valence-corrected chi connectivity index (χ0v) is 11.8. The van der Waals surface area contributed by atoms with Gasteiger partial charge in [0, 0.05) is 0 Å². The van der Waals surface area contributed by atoms with E-state index in [0.717, 1.165) is 32.1 Å². The maximum absolute atomic E-state index is 11.1. The van der Waals surface area contributed by atoms with Gasteiger partial charge in [-0.1, -0.05) is 20.3 Å². The summed E-state index contributed by atoms with van der Waals surface area (Å²) in [7, 11) is 0. The van der Waals surface area contributed by atoms with Crippen molar-refractivity contribution >= 4 is 0 Å². The maximum atomic E-state index is 11.1. The van der Waals surface area contributed by atoms with Crippen molar-refractivity contribution in [2.75, 3.05) is 0 Å². The molecule has 0 radical (unpaired) electrons. The predicted molar refractivity (Wildman–Crippen MR) is 69.7 cm³/mol. The average molecular weight is 240 g/mol. The van der Waals surface area contributed by atoms with Gasteiger partial charge in [-0.2, -0.15) is 0 Å². The first-order valence-electron chi connectivity index (χ1n) is 7.14. The van der Waals surface area contributed by atoms with Crippen molar-refractivity contribution in [1.29, 1.82) is 0 Å². The Bertz CT molecular complexity index is 294. The lowest BCUT2D eigenvalue weighted by Gasteiger charge is -2.58. The van der Waals surface area contributed by atoms with Crippen LogP contribution in [0.25, 0.3) is 0 Å². The average Bonchev–Trinajstić information content (AvgIpc) is 2.19. The van der Waals surface area contributed by atoms with Gasteiger partial charge in [0.05, 0.1) is 11.2 Å². The molecule has 2 nitrogen and oxygen atoms in total. The lowest BCUT2D eigenvalue weighted by atomic mass is 9.51. The second-order valence-corrected chi connectivity index (χ2v) is 7.37. The van der Waals surface area contributed by atoms with Gasteiger partial charge in [0.15, 0.2) is 0 Å². The molecule has 2 aliphatic rings. The van der Waals surface area contributed by atoms with Gasteiger partial charge in [-0.3, -0.25) is 0 Å². The van der Waals surface area contributed by atoms with Crippen LogP contribution in [-0.2, 0) is 0 Å². The molecule has 0 aromatic carbocycles. The number of fused-ring (bicyclic) bond motifs is 1. The molecule has 2 heteroatoms. The van der Waals surface area contributed by atoms with Crippen LogP contribution in [-0.4, -0.2) is 21.4 Å². The second kappa shape index (κ2) is 3.96. The number of hydrogen-bond acceptors (Lipinski definition) is 2. The Labute approximate surface area is 105 Å². The van der Waals surface area contributed by atoms with E-state index in [1.807, 2.05) is 13.8 Å². The molecule has 0 unspecified atom stereocenters. The zero-order chi connectivity index (χ0) is 12.9. The van der Waals surface area contributed by atoms with E-state index in [1.165, 1.54) is 6.42 Å². The predicted octanol–water partition coefficient (Wildman–Crippen LogP) is 3.11. The highest BCUT2D eigenvalue weighted by Crippen LogP contribution is 2.57. The van der Waals surface area contributed by atoms with Crippen LogP contribution >= 0.6 is 0 Å². The fourth-order valence-electron chi connectivity index (χ4n) is 4.21. The number of hydrogen-bond donors (Lipinski definition) is 2. The number of aliphatic hydroxyl groups is 2. The fraction of sp³-hybridized carbons (Fsp3) is 1.00. The van der Waals surface area contributed by atoms with Gasteiger partial charge in [-0.15, -0.1) is 0 Å². The molecule has 0 heterocycles. The lowest BCUT2D eigenvalue weighted by Crippen LogP contribution is -2.59. The van der Waals surface area contributed by atoms with Gasteiger partial charge >= 0.3 is 0 Å². The molecule has 100 valence electrons. The van der Waals surface area contributed by atoms with E-state index in [9.17, 15) is 10.2 Å². The molecule has 0 bridgehead atoms. The highest BCUT2D eigenvalue weighted by Gasteiger charge is 2.56. The Morgan fingerprint density at radius 2 is 1.82 bits per heavy atom. The second-order valence-electron chi connectivity index (χ2n) is 7.37. The summed E-state index contributed by atoms with van der Waals surface area (Å²) in [5.74, 6) is 0.604. The van der Waals surface area contributed by atoms with Crippen LogP contribution in [0, 0.1) is 17.3 Å². The minimum Gasteiger partial charge on any atom is -0.390 e. The first-order valence-corrected chi connectivity index (χ1v) is 7.14. The quantitative estimate of drug-likeness (QED) is 0.739. The summed E-state index contributed by atoms with van der Waals surface area (Å²) in [4.78, 5) is 0. The highest BCUT2D eigenvalue weighted by atomic mass is 16.3. The molecule has 0 spiro atoms. The molecule has 2 aliphatic carbocycles. The minimum absolute atomic E-state index is 0.0758. The molecule has 2 rings (SSSR count). The van der Waals surface area contributed by atoms with Crippen molar-refractivity contribution in [1.82, 2.24) is 0 Å². The molecular weight excluding hydrogens is 212 g/mol. The highest BCUT2D eigenvalue weighted by molar-refractivity contribution is 5.07. The van der Waals surface area contributed by atoms with Gasteiger partial charge in [-0.25, -0.2) is 0 Å². The molecular formula is C15H28O2. The Kier molecular flexibility index (Phi) is 3.11. The summed E-state index contributed by atoms with van der Waals surface area (Å²) >= 11 is 0. The van der Waals surface area contributed by atoms with Gasteiger partial charge in [-0.05, 0) is 63.2 Å². The van der Waals surface area contributed by atoms with E-state index >= 15 is 0 Å². The largest absolute Gasteiger partial charge is 0.390 e. The Morgan fingerprint density at radius 1 is 1.18 bits per heavy atom. The third kappa shape index (κ3) is 2.04. The van der Waals surface area contributed by atoms with E-state index in [2.05, 4.69) is 13.8 Å². The first-order chi connectivity index (χ1) is 7.69. The van der Waals surface area contributed by atoms with Crippen molar-refractivity contribution < 1.29 is 10.2 Å². The topological polar surface area (TPSA) is 40.5 Å². The smallest absolute Gasteiger partial charge is 0.0730 e. The molecule has 4 atom stereocenters. The van der Waals surface area contributed by atoms with Crippen LogP contribution in [0.3, 0.4) is 0 Å². The molecule has 0 saturated heterocycles. The maximum Gasteiger partial charge on any atom is 0.0730 e. The van der Waals surface area contributed by atoms with Crippen molar-refractivity contribution in [3.8, 4) is 0 Å². The van der Waals surface area contributed by atoms with Crippen LogP contribution in [0.15, 0.2) is 0 Å². The summed E-state index contributed by atoms with van der Waals surface area (Å²) in [6.07, 6.45) is 6.40. The molecule has 2 N–H and O–H groups in total. The van der Waals surface area contributed by atoms with E-state index in [0.29, 0.717) is 5.92 Å². The van der Waals surface area contributed by atoms with Crippen molar-refractivity contribution in [2.24, 2.45) is 17.3 Å². The number of rotatable bonds is 1. The Morgan fingerprint density at radius 3 is 2.41 bits per heavy atom. The summed E-state index contributed by atoms with van der Waals surface area (Å²) in [6, 6.07) is 0. The van der Waals surface area contributed by atoms with E-state index in [4.69, 9.17) is 0 Å². The van der Waals surface area contributed by atoms with E-state index < -0.39 is 11.2 Å². The van der Waals surface area contributed by atoms with Gasteiger partial charge in [0.1, 0.15) is 0 Å². The Hall–Kier alpha value is -0.0800. The summed E-state index contributed by atoms with van der Waals surface area (Å²) in [6.45, 7) is 8.21. The Balaban J connectivity index is 2.25. The van der Waals surface area contributed by atoms with Crippen molar-refractivity contribution in [2.45, 2.75) is 77.4 Å². The fourth-order valence-corrected chi connectivity index (χ4v) is 4.21. The molecule has 0 aliphatic heterocycles. The molecule has 17 heavy (non-hydrogen) atoms. The van der Waals surface area contributed by atoms with Gasteiger partial charge in [0.25, 0.3) is 0 Å². The van der Waals surface area contributed by atoms with E-state index in [-0.39, 0.29) is 11.3 Å². The summed E-state index contributed by atoms with van der Waals surface area (Å²) in [5.41, 5.74) is -1.14. The van der Waals surface area contributed by atoms with Crippen LogP contribution in [0.4, 0.5) is 0 Å². The molecule has 2 fully saturated rings. The third-order valence-corrected chi connectivity index (χ3v) is 5.83. The van der Waals surface area contributed by atoms with Crippen molar-refractivity contribution in [3.63, 3.8) is 0 Å².